The molecule has 2 heterocycles. The van der Waals surface area contributed by atoms with Crippen LogP contribution in [0.2, 0.25) is 0 Å². The average molecular weight is 292 g/mol. The molecule has 0 radical (unpaired) electrons. The van der Waals surface area contributed by atoms with Gasteiger partial charge in [-0.15, -0.1) is 0 Å². The molecule has 1 aliphatic carbocycles. The van der Waals surface area contributed by atoms with Crippen LogP contribution in [0.15, 0.2) is 16.8 Å². The first-order valence-electron chi connectivity index (χ1n) is 8.25. The second-order valence-corrected chi connectivity index (χ2v) is 7.64. The number of likely N-dealkylation sites (tertiary alicyclic amines) is 1. The molecule has 1 N–H and O–H groups in total. The summed E-state index contributed by atoms with van der Waals surface area (Å²) in [6.07, 6.45) is 9.72. The molecule has 112 valence electrons. The van der Waals surface area contributed by atoms with Crippen LogP contribution in [0, 0.1) is 5.92 Å². The zero-order chi connectivity index (χ0) is 13.8. The van der Waals surface area contributed by atoms with Gasteiger partial charge in [0.05, 0.1) is 0 Å². The highest BCUT2D eigenvalue weighted by Crippen LogP contribution is 2.24. The first-order valence-corrected chi connectivity index (χ1v) is 9.19. The molecule has 1 aliphatic heterocycles. The van der Waals surface area contributed by atoms with Crippen LogP contribution in [0.1, 0.15) is 44.1 Å². The number of likely N-dealkylation sites (N-methyl/N-ethyl adjacent to an activating group) is 1. The molecule has 2 fully saturated rings. The number of thiophene rings is 1. The van der Waals surface area contributed by atoms with Crippen molar-refractivity contribution in [3.63, 3.8) is 0 Å². The third-order valence-corrected chi connectivity index (χ3v) is 5.63. The maximum absolute atomic E-state index is 3.96. The molecule has 0 aromatic carbocycles. The van der Waals surface area contributed by atoms with Gasteiger partial charge in [0, 0.05) is 25.2 Å². The number of piperidine rings is 1. The van der Waals surface area contributed by atoms with E-state index in [0.29, 0.717) is 6.04 Å². The van der Waals surface area contributed by atoms with Crippen molar-refractivity contribution in [2.75, 3.05) is 20.1 Å². The average Bonchev–Trinajstić information content (AvgIpc) is 2.92. The Morgan fingerprint density at radius 1 is 1.20 bits per heavy atom. The van der Waals surface area contributed by atoms with E-state index in [-0.39, 0.29) is 0 Å². The summed E-state index contributed by atoms with van der Waals surface area (Å²) in [7, 11) is 2.29. The summed E-state index contributed by atoms with van der Waals surface area (Å²) in [5.74, 6) is 0.824. The van der Waals surface area contributed by atoms with Crippen molar-refractivity contribution < 1.29 is 0 Å². The number of hydrogen-bond acceptors (Lipinski definition) is 3. The van der Waals surface area contributed by atoms with Gasteiger partial charge in [0.2, 0.25) is 0 Å². The van der Waals surface area contributed by atoms with Crippen LogP contribution in [0.4, 0.5) is 0 Å². The van der Waals surface area contributed by atoms with Crippen molar-refractivity contribution in [2.45, 2.75) is 57.0 Å². The topological polar surface area (TPSA) is 15.3 Å². The van der Waals surface area contributed by atoms with Gasteiger partial charge in [-0.05, 0) is 61.0 Å². The molecule has 0 bridgehead atoms. The number of hydrogen-bond donors (Lipinski definition) is 1. The Labute approximate surface area is 127 Å². The van der Waals surface area contributed by atoms with E-state index < -0.39 is 0 Å². The van der Waals surface area contributed by atoms with E-state index in [4.69, 9.17) is 0 Å². The summed E-state index contributed by atoms with van der Waals surface area (Å²) < 4.78 is 0. The molecule has 20 heavy (non-hydrogen) atoms. The second kappa shape index (κ2) is 7.06. The summed E-state index contributed by atoms with van der Waals surface area (Å²) in [4.78, 5) is 2.53. The van der Waals surface area contributed by atoms with Gasteiger partial charge in [-0.3, -0.25) is 0 Å². The lowest BCUT2D eigenvalue weighted by molar-refractivity contribution is 0.155. The fraction of sp³-hybridized carbons (Fsp3) is 0.765. The SMILES string of the molecule is CN1CC(Cc2ccsc2)CC(NC2CCCCC2)C1. The Balaban J connectivity index is 1.52. The van der Waals surface area contributed by atoms with Crippen molar-refractivity contribution in [1.82, 2.24) is 10.2 Å². The molecule has 0 amide bonds. The molecule has 2 aliphatic rings. The van der Waals surface area contributed by atoms with Gasteiger partial charge in [-0.2, -0.15) is 11.3 Å². The van der Waals surface area contributed by atoms with Crippen LogP contribution in [0.25, 0.3) is 0 Å². The molecule has 1 saturated heterocycles. The summed E-state index contributed by atoms with van der Waals surface area (Å²) in [5, 5.41) is 8.48. The Morgan fingerprint density at radius 2 is 2.05 bits per heavy atom. The quantitative estimate of drug-likeness (QED) is 0.913. The lowest BCUT2D eigenvalue weighted by atomic mass is 9.88. The summed E-state index contributed by atoms with van der Waals surface area (Å²) in [6.45, 7) is 2.50. The Morgan fingerprint density at radius 3 is 2.80 bits per heavy atom. The lowest BCUT2D eigenvalue weighted by Crippen LogP contribution is -2.51. The third kappa shape index (κ3) is 4.06. The molecule has 2 atom stereocenters. The van der Waals surface area contributed by atoms with Gasteiger partial charge >= 0.3 is 0 Å². The fourth-order valence-corrected chi connectivity index (χ4v) is 4.74. The van der Waals surface area contributed by atoms with Crippen molar-refractivity contribution in [2.24, 2.45) is 5.92 Å². The summed E-state index contributed by atoms with van der Waals surface area (Å²) in [6, 6.07) is 3.80. The fourth-order valence-electron chi connectivity index (χ4n) is 4.06. The van der Waals surface area contributed by atoms with Crippen molar-refractivity contribution in [3.05, 3.63) is 22.4 Å². The number of rotatable bonds is 4. The molecule has 1 aromatic rings. The second-order valence-electron chi connectivity index (χ2n) is 6.86. The lowest BCUT2D eigenvalue weighted by Gasteiger charge is -2.38. The van der Waals surface area contributed by atoms with E-state index in [1.807, 2.05) is 11.3 Å². The Kier molecular flexibility index (Phi) is 5.14. The van der Waals surface area contributed by atoms with E-state index >= 15 is 0 Å². The molecular weight excluding hydrogens is 264 g/mol. The standard InChI is InChI=1S/C17H28N2S/c1-19-11-15(9-14-7-8-20-13-14)10-17(12-19)18-16-5-3-2-4-6-16/h7-8,13,15-18H,2-6,9-12H2,1H3. The molecule has 3 heteroatoms. The summed E-state index contributed by atoms with van der Waals surface area (Å²) in [5.41, 5.74) is 1.53. The minimum Gasteiger partial charge on any atom is -0.310 e. The Hall–Kier alpha value is -0.380. The largest absolute Gasteiger partial charge is 0.310 e. The third-order valence-electron chi connectivity index (χ3n) is 4.90. The predicted octanol–water partition coefficient (Wildman–Crippen LogP) is 3.53. The highest BCUT2D eigenvalue weighted by molar-refractivity contribution is 7.07. The van der Waals surface area contributed by atoms with E-state index in [9.17, 15) is 0 Å². The highest BCUT2D eigenvalue weighted by Gasteiger charge is 2.27. The minimum absolute atomic E-state index is 0.709. The molecule has 0 spiro atoms. The molecule has 1 saturated carbocycles. The van der Waals surface area contributed by atoms with Crippen LogP contribution in [0.5, 0.6) is 0 Å². The van der Waals surface area contributed by atoms with Gasteiger partial charge in [-0.25, -0.2) is 0 Å². The maximum Gasteiger partial charge on any atom is 0.0200 e. The van der Waals surface area contributed by atoms with Gasteiger partial charge < -0.3 is 10.2 Å². The highest BCUT2D eigenvalue weighted by atomic mass is 32.1. The van der Waals surface area contributed by atoms with Crippen LogP contribution in [-0.4, -0.2) is 37.1 Å². The Bertz CT molecular complexity index is 384. The van der Waals surface area contributed by atoms with E-state index in [2.05, 4.69) is 34.1 Å². The zero-order valence-electron chi connectivity index (χ0n) is 12.7. The molecule has 2 unspecified atom stereocenters. The molecular formula is C17H28N2S. The van der Waals surface area contributed by atoms with Gasteiger partial charge in [-0.1, -0.05) is 19.3 Å². The van der Waals surface area contributed by atoms with E-state index in [1.54, 1.807) is 0 Å². The first-order chi connectivity index (χ1) is 9.79. The predicted molar refractivity (Wildman–Crippen MR) is 87.4 cm³/mol. The van der Waals surface area contributed by atoms with Crippen molar-refractivity contribution in [3.8, 4) is 0 Å². The van der Waals surface area contributed by atoms with Gasteiger partial charge in [0.15, 0.2) is 0 Å². The summed E-state index contributed by atoms with van der Waals surface area (Å²) >= 11 is 1.83. The van der Waals surface area contributed by atoms with E-state index in [0.717, 1.165) is 12.0 Å². The van der Waals surface area contributed by atoms with E-state index in [1.165, 1.54) is 63.6 Å². The molecule has 1 aromatic heterocycles. The number of nitrogens with one attached hydrogen (secondary N) is 1. The first kappa shape index (κ1) is 14.6. The van der Waals surface area contributed by atoms with Crippen LogP contribution in [0.3, 0.4) is 0 Å². The maximum atomic E-state index is 3.96. The molecule has 3 rings (SSSR count). The smallest absolute Gasteiger partial charge is 0.0200 e. The van der Waals surface area contributed by atoms with Gasteiger partial charge in [0.1, 0.15) is 0 Å². The normalized spacial score (nSPS) is 29.6. The monoisotopic (exact) mass is 292 g/mol. The van der Waals surface area contributed by atoms with Crippen LogP contribution >= 0.6 is 11.3 Å². The van der Waals surface area contributed by atoms with Crippen molar-refractivity contribution in [1.29, 1.82) is 0 Å². The van der Waals surface area contributed by atoms with Crippen LogP contribution < -0.4 is 5.32 Å². The van der Waals surface area contributed by atoms with Crippen LogP contribution in [-0.2, 0) is 6.42 Å². The minimum atomic E-state index is 0.709. The van der Waals surface area contributed by atoms with Gasteiger partial charge in [0.25, 0.3) is 0 Å². The zero-order valence-corrected chi connectivity index (χ0v) is 13.5. The molecule has 2 nitrogen and oxygen atoms in total. The van der Waals surface area contributed by atoms with Crippen molar-refractivity contribution >= 4 is 11.3 Å². The number of nitrogens with zero attached hydrogens (tertiary/aromatic N) is 1.